The molecule has 2 heterocycles. The van der Waals surface area contributed by atoms with Gasteiger partial charge in [0.2, 0.25) is 5.11 Å². The summed E-state index contributed by atoms with van der Waals surface area (Å²) >= 11 is 6.26. The Morgan fingerprint density at radius 1 is 0.957 bits per heavy atom. The molecule has 0 saturated heterocycles. The van der Waals surface area contributed by atoms with Crippen LogP contribution in [-0.2, 0) is 0 Å². The highest BCUT2D eigenvalue weighted by Gasteiger charge is 2.28. The summed E-state index contributed by atoms with van der Waals surface area (Å²) in [5.74, 6) is 0.848. The first kappa shape index (κ1) is 15.3. The second-order valence-electron chi connectivity index (χ2n) is 4.73. The van der Waals surface area contributed by atoms with Gasteiger partial charge in [0.15, 0.2) is 0 Å². The average molecular weight is 379 g/mol. The van der Waals surface area contributed by atoms with Gasteiger partial charge in [0.05, 0.1) is 12.1 Å². The Bertz CT molecular complexity index is 875. The van der Waals surface area contributed by atoms with Gasteiger partial charge in [-0.15, -0.1) is 0 Å². The van der Waals surface area contributed by atoms with E-state index in [1.165, 1.54) is 0 Å². The average Bonchev–Trinajstić information content (AvgIpc) is 3.14. The van der Waals surface area contributed by atoms with Crippen LogP contribution in [0, 0.1) is 0 Å². The fourth-order valence-corrected chi connectivity index (χ4v) is 8.18. The summed E-state index contributed by atoms with van der Waals surface area (Å²) in [4.78, 5) is 9.38. The maximum Gasteiger partial charge on any atom is 0.200 e. The van der Waals surface area contributed by atoms with E-state index in [0.29, 0.717) is 0 Å². The summed E-state index contributed by atoms with van der Waals surface area (Å²) in [7, 11) is 5.07. The van der Waals surface area contributed by atoms with Gasteiger partial charge in [-0.1, -0.05) is 29.8 Å². The van der Waals surface area contributed by atoms with Gasteiger partial charge in [-0.05, 0) is 60.5 Å². The second-order valence-corrected chi connectivity index (χ2v) is 10.7. The lowest BCUT2D eigenvalue weighted by atomic mass is 10.2. The normalized spacial score (nSPS) is 19.4. The Balaban J connectivity index is 1.59. The minimum atomic E-state index is -0.0917. The third-order valence-corrected chi connectivity index (χ3v) is 9.34. The number of hydrogen-bond donors (Lipinski definition) is 0. The molecule has 4 rings (SSSR count). The molecule has 0 N–H and O–H groups in total. The molecule has 0 saturated carbocycles. The largest absolute Gasteiger partial charge is 0.497 e. The molecule has 23 heavy (non-hydrogen) atoms. The lowest BCUT2D eigenvalue weighted by molar-refractivity contribution is 0.415. The molecule has 2 aliphatic rings. The highest BCUT2D eigenvalue weighted by Crippen LogP contribution is 2.55. The highest BCUT2D eigenvalue weighted by atomic mass is 35.5. The summed E-state index contributed by atoms with van der Waals surface area (Å²) in [5, 5.41) is 3.59. The maximum atomic E-state index is 6.26. The first-order valence-corrected chi connectivity index (χ1v) is 11.1. The Labute approximate surface area is 148 Å². The van der Waals surface area contributed by atoms with Gasteiger partial charge < -0.3 is 4.74 Å². The van der Waals surface area contributed by atoms with Gasteiger partial charge in [-0.2, -0.15) is 0 Å². The van der Waals surface area contributed by atoms with Crippen LogP contribution in [0.5, 0.6) is 5.75 Å². The van der Waals surface area contributed by atoms with E-state index >= 15 is 0 Å². The van der Waals surface area contributed by atoms with Gasteiger partial charge >= 0.3 is 0 Å². The quantitative estimate of drug-likeness (QED) is 0.542. The van der Waals surface area contributed by atoms with E-state index < -0.39 is 0 Å². The summed E-state index contributed by atoms with van der Waals surface area (Å²) < 4.78 is 5.19. The fourth-order valence-electron chi connectivity index (χ4n) is 2.13. The first-order chi connectivity index (χ1) is 11.2. The molecule has 116 valence electrons. The van der Waals surface area contributed by atoms with E-state index in [4.69, 9.17) is 21.3 Å². The van der Waals surface area contributed by atoms with Crippen molar-refractivity contribution in [1.29, 1.82) is 0 Å². The molecule has 0 spiro atoms. The predicted molar refractivity (Wildman–Crippen MR) is 105 cm³/mol. The Morgan fingerprint density at radius 2 is 1.65 bits per heavy atom. The molecule has 0 aromatic heterocycles. The molecule has 1 unspecified atom stereocenters. The van der Waals surface area contributed by atoms with Crippen molar-refractivity contribution in [3.8, 4) is 5.75 Å². The van der Waals surface area contributed by atoms with Crippen molar-refractivity contribution in [1.82, 2.24) is 0 Å². The molecule has 2 aromatic rings. The van der Waals surface area contributed by atoms with Crippen molar-refractivity contribution in [3.05, 3.63) is 64.7 Å². The summed E-state index contributed by atoms with van der Waals surface area (Å²) in [5.41, 5.74) is 2.08. The fraction of sp³-hybridized carbons (Fsp3) is 0.0625. The van der Waals surface area contributed by atoms with Gasteiger partial charge in [0.1, 0.15) is 15.8 Å². The van der Waals surface area contributed by atoms with E-state index in [1.807, 2.05) is 48.5 Å². The molecule has 7 heteroatoms. The number of hydrogen-bond acceptors (Lipinski definition) is 5. The number of methoxy groups -OCH3 is 1. The zero-order valence-electron chi connectivity index (χ0n) is 12.0. The summed E-state index contributed by atoms with van der Waals surface area (Å²) in [6, 6.07) is 15.8. The zero-order chi connectivity index (χ0) is 15.8. The molecule has 0 radical (unpaired) electrons. The number of aliphatic imine (C=N–C) groups is 2. The van der Waals surface area contributed by atoms with E-state index in [9.17, 15) is 0 Å². The standard InChI is InChI=1S/C16H11ClN2OS3/c1-20-11-8-6-10(7-9-11)14-18-16-19-15(22-23(16)21-14)12-4-2-3-5-13(12)17/h2-9H,1H3. The van der Waals surface area contributed by atoms with Crippen LogP contribution in [0.4, 0.5) is 0 Å². The van der Waals surface area contributed by atoms with E-state index in [0.717, 1.165) is 37.1 Å². The number of benzene rings is 2. The van der Waals surface area contributed by atoms with Crippen molar-refractivity contribution in [2.24, 2.45) is 9.98 Å². The van der Waals surface area contributed by atoms with Crippen LogP contribution < -0.4 is 4.74 Å². The van der Waals surface area contributed by atoms with Crippen LogP contribution in [0.1, 0.15) is 11.1 Å². The molecule has 1 atom stereocenters. The smallest absolute Gasteiger partial charge is 0.200 e. The van der Waals surface area contributed by atoms with Crippen molar-refractivity contribution in [2.45, 2.75) is 0 Å². The van der Waals surface area contributed by atoms with Crippen LogP contribution in [0.15, 0.2) is 58.5 Å². The molecule has 0 amide bonds. The van der Waals surface area contributed by atoms with Gasteiger partial charge in [0.25, 0.3) is 0 Å². The monoisotopic (exact) mass is 378 g/mol. The summed E-state index contributed by atoms with van der Waals surface area (Å²) in [6.07, 6.45) is 0. The molecule has 0 fully saturated rings. The topological polar surface area (TPSA) is 34.0 Å². The van der Waals surface area contributed by atoms with Gasteiger partial charge in [-0.3, -0.25) is 0 Å². The van der Waals surface area contributed by atoms with Gasteiger partial charge in [-0.25, -0.2) is 9.98 Å². The lowest BCUT2D eigenvalue weighted by Gasteiger charge is -2.06. The summed E-state index contributed by atoms with van der Waals surface area (Å²) in [6.45, 7) is 0. The minimum Gasteiger partial charge on any atom is -0.497 e. The maximum absolute atomic E-state index is 6.26. The zero-order valence-corrected chi connectivity index (χ0v) is 15.2. The predicted octanol–water partition coefficient (Wildman–Crippen LogP) is 5.22. The molecule has 2 aromatic carbocycles. The SMILES string of the molecule is COc1ccc(C2=NC3=S(S2)SC(c2ccccc2Cl)=N3)cc1. The number of rotatable bonds is 3. The highest BCUT2D eigenvalue weighted by molar-refractivity contribution is 9.21. The molecular formula is C16H11ClN2OS3. The number of halogens is 1. The van der Waals surface area contributed by atoms with Crippen LogP contribution in [0.2, 0.25) is 5.02 Å². The Hall–Kier alpha value is -1.21. The molecule has 3 nitrogen and oxygen atoms in total. The minimum absolute atomic E-state index is 0.0917. The molecule has 0 aliphatic carbocycles. The van der Waals surface area contributed by atoms with Crippen LogP contribution in [0.3, 0.4) is 0 Å². The molecule has 0 bridgehead atoms. The second kappa shape index (κ2) is 6.36. The van der Waals surface area contributed by atoms with Crippen molar-refractivity contribution < 1.29 is 4.74 Å². The van der Waals surface area contributed by atoms with Crippen molar-refractivity contribution >= 4 is 56.9 Å². The van der Waals surface area contributed by atoms with Crippen molar-refractivity contribution in [3.63, 3.8) is 0 Å². The van der Waals surface area contributed by atoms with Crippen molar-refractivity contribution in [2.75, 3.05) is 7.11 Å². The van der Waals surface area contributed by atoms with E-state index in [2.05, 4.69) is 4.99 Å². The van der Waals surface area contributed by atoms with Gasteiger partial charge in [0, 0.05) is 11.1 Å². The van der Waals surface area contributed by atoms with Crippen LogP contribution in [-0.4, -0.2) is 22.3 Å². The van der Waals surface area contributed by atoms with Crippen LogP contribution >= 0.6 is 41.7 Å². The molecule has 2 aliphatic heterocycles. The third kappa shape index (κ3) is 2.96. The molecular weight excluding hydrogens is 368 g/mol. The van der Waals surface area contributed by atoms with E-state index in [1.54, 1.807) is 28.7 Å². The Kier molecular flexibility index (Phi) is 4.24. The van der Waals surface area contributed by atoms with E-state index in [-0.39, 0.29) is 8.55 Å². The third-order valence-electron chi connectivity index (χ3n) is 3.29. The Morgan fingerprint density at radius 3 is 2.35 bits per heavy atom. The lowest BCUT2D eigenvalue weighted by Crippen LogP contribution is -1.97. The number of nitrogens with zero attached hydrogens (tertiary/aromatic N) is 2. The number of ether oxygens (including phenoxy) is 1. The first-order valence-electron chi connectivity index (χ1n) is 6.79. The van der Waals surface area contributed by atoms with Crippen LogP contribution in [0.25, 0.3) is 0 Å².